The van der Waals surface area contributed by atoms with Crippen molar-refractivity contribution in [2.24, 2.45) is 0 Å². The molecule has 2 N–H and O–H groups in total. The van der Waals surface area contributed by atoms with Gasteiger partial charge in [-0.15, -0.1) is 0 Å². The van der Waals surface area contributed by atoms with Gasteiger partial charge in [0.15, 0.2) is 11.8 Å². The van der Waals surface area contributed by atoms with Gasteiger partial charge < -0.3 is 15.4 Å². The highest BCUT2D eigenvalue weighted by atomic mass is 35.5. The summed E-state index contributed by atoms with van der Waals surface area (Å²) in [5.41, 5.74) is 4.23. The van der Waals surface area contributed by atoms with Crippen LogP contribution in [-0.4, -0.2) is 24.7 Å². The highest BCUT2D eigenvalue weighted by Crippen LogP contribution is 2.25. The summed E-state index contributed by atoms with van der Waals surface area (Å²) in [5.74, 6) is 0.664. The second-order valence-electron chi connectivity index (χ2n) is 7.52. The first-order valence-electron chi connectivity index (χ1n) is 10.3. The Bertz CT molecular complexity index is 1340. The number of aryl methyl sites for hydroxylation is 1. The Labute approximate surface area is 217 Å². The number of hydrogen-bond acceptors (Lipinski definition) is 4. The van der Waals surface area contributed by atoms with Crippen LogP contribution in [0, 0.1) is 13.8 Å². The number of anilines is 2. The van der Waals surface area contributed by atoms with Crippen molar-refractivity contribution in [3.8, 4) is 5.75 Å². The maximum atomic E-state index is 6.32. The monoisotopic (exact) mass is 534 g/mol. The van der Waals surface area contributed by atoms with E-state index < -0.39 is 0 Å². The van der Waals surface area contributed by atoms with Crippen molar-refractivity contribution in [2.75, 3.05) is 10.6 Å². The summed E-state index contributed by atoms with van der Waals surface area (Å²) >= 11 is 23.8. The summed E-state index contributed by atoms with van der Waals surface area (Å²) in [4.78, 5) is 0. The first kappa shape index (κ1) is 24.3. The maximum absolute atomic E-state index is 6.32. The topological polar surface area (TPSA) is 68.9 Å². The summed E-state index contributed by atoms with van der Waals surface area (Å²) in [7, 11) is 0. The van der Waals surface area contributed by atoms with Crippen molar-refractivity contribution < 1.29 is 4.74 Å². The number of nitrogens with zero attached hydrogens (tertiary/aromatic N) is 4. The average molecular weight is 536 g/mol. The lowest BCUT2D eigenvalue weighted by atomic mass is 10.2. The Morgan fingerprint density at radius 2 is 1.85 bits per heavy atom. The van der Waals surface area contributed by atoms with Crippen LogP contribution in [0.3, 0.4) is 0 Å². The van der Waals surface area contributed by atoms with Crippen molar-refractivity contribution >= 4 is 63.5 Å². The van der Waals surface area contributed by atoms with Gasteiger partial charge in [-0.3, -0.25) is 4.68 Å². The molecule has 0 unspecified atom stereocenters. The highest BCUT2D eigenvalue weighted by Gasteiger charge is 2.14. The molecule has 11 heteroatoms. The lowest BCUT2D eigenvalue weighted by Gasteiger charge is -2.11. The van der Waals surface area contributed by atoms with Crippen LogP contribution in [0.2, 0.25) is 15.1 Å². The van der Waals surface area contributed by atoms with Crippen LogP contribution >= 0.6 is 47.0 Å². The second-order valence-corrected chi connectivity index (χ2v) is 9.21. The fourth-order valence-electron chi connectivity index (χ4n) is 3.32. The van der Waals surface area contributed by atoms with E-state index in [0.717, 1.165) is 28.3 Å². The van der Waals surface area contributed by atoms with Crippen LogP contribution in [0.5, 0.6) is 5.75 Å². The van der Waals surface area contributed by atoms with Gasteiger partial charge in [-0.05, 0) is 62.0 Å². The normalized spacial score (nSPS) is 10.9. The molecular formula is C23H21Cl3N6OS. The molecule has 2 heterocycles. The Kier molecular flexibility index (Phi) is 7.63. The second kappa shape index (κ2) is 10.7. The minimum absolute atomic E-state index is 0.237. The molecule has 7 nitrogen and oxygen atoms in total. The molecule has 0 atom stereocenters. The first-order chi connectivity index (χ1) is 16.3. The van der Waals surface area contributed by atoms with E-state index in [2.05, 4.69) is 20.8 Å². The van der Waals surface area contributed by atoms with Crippen LogP contribution in [0.1, 0.15) is 17.0 Å². The van der Waals surface area contributed by atoms with E-state index in [1.54, 1.807) is 35.3 Å². The molecule has 0 amide bonds. The van der Waals surface area contributed by atoms with Crippen LogP contribution in [0.15, 0.2) is 54.9 Å². The number of benzene rings is 2. The van der Waals surface area contributed by atoms with Gasteiger partial charge in [0.25, 0.3) is 0 Å². The van der Waals surface area contributed by atoms with Crippen molar-refractivity contribution in [1.29, 1.82) is 0 Å². The third-order valence-electron chi connectivity index (χ3n) is 5.01. The predicted molar refractivity (Wildman–Crippen MR) is 141 cm³/mol. The number of nitrogens with one attached hydrogen (secondary N) is 2. The number of ether oxygens (including phenoxy) is 1. The van der Waals surface area contributed by atoms with E-state index in [9.17, 15) is 0 Å². The summed E-state index contributed by atoms with van der Waals surface area (Å²) in [6, 6.07) is 12.6. The molecule has 0 aliphatic heterocycles. The fraction of sp³-hybridized carbons (Fsp3) is 0.174. The molecule has 0 bridgehead atoms. The molecule has 0 aliphatic carbocycles. The number of hydrogen-bond donors (Lipinski definition) is 2. The predicted octanol–water partition coefficient (Wildman–Crippen LogP) is 6.55. The van der Waals surface area contributed by atoms with Crippen molar-refractivity contribution in [1.82, 2.24) is 19.6 Å². The molecule has 0 radical (unpaired) electrons. The van der Waals surface area contributed by atoms with Gasteiger partial charge in [0.2, 0.25) is 0 Å². The number of thiocarbonyl (C=S) groups is 1. The van der Waals surface area contributed by atoms with Gasteiger partial charge in [0.1, 0.15) is 5.75 Å². The standard InChI is InChI=1S/C23H21Cl3N6OS/c1-14-22(15(2)32(30-14)11-16-6-7-18(25)9-21(16)26)29-23(34)28-19-10-27-31(12-19)13-33-20-5-3-4-17(24)8-20/h3-10,12H,11,13H2,1-2H3,(H2,28,29,34). The average Bonchev–Trinajstić information content (AvgIpc) is 3.33. The van der Waals surface area contributed by atoms with Gasteiger partial charge in [-0.25, -0.2) is 4.68 Å². The Hall–Kier alpha value is -2.78. The first-order valence-corrected chi connectivity index (χ1v) is 11.8. The zero-order valence-electron chi connectivity index (χ0n) is 18.3. The molecule has 34 heavy (non-hydrogen) atoms. The van der Waals surface area contributed by atoms with E-state index in [4.69, 9.17) is 51.8 Å². The molecule has 4 aromatic rings. The largest absolute Gasteiger partial charge is 0.471 e. The minimum atomic E-state index is 0.237. The van der Waals surface area contributed by atoms with E-state index in [-0.39, 0.29) is 6.73 Å². The molecule has 0 saturated carbocycles. The molecule has 2 aromatic carbocycles. The molecule has 0 aliphatic rings. The third-order valence-corrected chi connectivity index (χ3v) is 6.03. The third kappa shape index (κ3) is 6.01. The minimum Gasteiger partial charge on any atom is -0.471 e. The van der Waals surface area contributed by atoms with E-state index in [0.29, 0.717) is 32.5 Å². The molecule has 176 valence electrons. The fourth-order valence-corrected chi connectivity index (χ4v) is 4.18. The molecular weight excluding hydrogens is 515 g/mol. The summed E-state index contributed by atoms with van der Waals surface area (Å²) < 4.78 is 9.22. The van der Waals surface area contributed by atoms with Gasteiger partial charge in [-0.2, -0.15) is 10.2 Å². The quantitative estimate of drug-likeness (QED) is 0.262. The van der Waals surface area contributed by atoms with E-state index in [1.807, 2.05) is 42.8 Å². The van der Waals surface area contributed by atoms with Crippen LogP contribution in [0.25, 0.3) is 0 Å². The Balaban J connectivity index is 1.37. The molecule has 0 spiro atoms. The van der Waals surface area contributed by atoms with Gasteiger partial charge in [-0.1, -0.05) is 46.9 Å². The summed E-state index contributed by atoms with van der Waals surface area (Å²) in [6.07, 6.45) is 3.46. The SMILES string of the molecule is Cc1nn(Cc2ccc(Cl)cc2Cl)c(C)c1NC(=S)Nc1cnn(COc2cccc(Cl)c2)c1. The van der Waals surface area contributed by atoms with Crippen molar-refractivity contribution in [3.63, 3.8) is 0 Å². The molecule has 4 rings (SSSR count). The highest BCUT2D eigenvalue weighted by molar-refractivity contribution is 7.80. The lowest BCUT2D eigenvalue weighted by molar-refractivity contribution is 0.221. The van der Waals surface area contributed by atoms with Crippen LogP contribution in [-0.2, 0) is 13.3 Å². The smallest absolute Gasteiger partial charge is 0.180 e. The number of aromatic nitrogens is 4. The molecule has 2 aromatic heterocycles. The zero-order valence-corrected chi connectivity index (χ0v) is 21.4. The summed E-state index contributed by atoms with van der Waals surface area (Å²) in [6.45, 7) is 4.65. The van der Waals surface area contributed by atoms with Crippen molar-refractivity contribution in [2.45, 2.75) is 27.1 Å². The van der Waals surface area contributed by atoms with Gasteiger partial charge >= 0.3 is 0 Å². The Morgan fingerprint density at radius 1 is 1.06 bits per heavy atom. The van der Waals surface area contributed by atoms with Crippen molar-refractivity contribution in [3.05, 3.63) is 86.9 Å². The molecule has 0 fully saturated rings. The molecule has 0 saturated heterocycles. The Morgan fingerprint density at radius 3 is 2.62 bits per heavy atom. The van der Waals surface area contributed by atoms with Crippen LogP contribution < -0.4 is 15.4 Å². The van der Waals surface area contributed by atoms with Crippen LogP contribution in [0.4, 0.5) is 11.4 Å². The van der Waals surface area contributed by atoms with Gasteiger partial charge in [0.05, 0.1) is 41.7 Å². The summed E-state index contributed by atoms with van der Waals surface area (Å²) in [5, 5.41) is 17.5. The van der Waals surface area contributed by atoms with E-state index in [1.165, 1.54) is 0 Å². The zero-order chi connectivity index (χ0) is 24.2. The number of halogens is 3. The van der Waals surface area contributed by atoms with Gasteiger partial charge in [0, 0.05) is 15.1 Å². The van der Waals surface area contributed by atoms with E-state index >= 15 is 0 Å². The number of rotatable bonds is 7. The lowest BCUT2D eigenvalue weighted by Crippen LogP contribution is -2.19. The maximum Gasteiger partial charge on any atom is 0.180 e.